The Bertz CT molecular complexity index is 503. The predicted octanol–water partition coefficient (Wildman–Crippen LogP) is 3.86. The molecule has 0 N–H and O–H groups in total. The van der Waals surface area contributed by atoms with Crippen molar-refractivity contribution < 1.29 is 0 Å². The number of para-hydroxylation sites is 1. The fourth-order valence-electron chi connectivity index (χ4n) is 1.81. The van der Waals surface area contributed by atoms with Crippen molar-refractivity contribution in [1.29, 1.82) is 0 Å². The monoisotopic (exact) mass is 197 g/mol. The third kappa shape index (κ3) is 1.73. The molecule has 0 aliphatic rings. The number of rotatable bonds is 3. The van der Waals surface area contributed by atoms with Crippen molar-refractivity contribution in [3.8, 4) is 0 Å². The Morgan fingerprint density at radius 3 is 2.87 bits per heavy atom. The van der Waals surface area contributed by atoms with Gasteiger partial charge in [0.25, 0.3) is 0 Å². The van der Waals surface area contributed by atoms with Gasteiger partial charge in [0.1, 0.15) is 0 Å². The molecule has 0 aliphatic carbocycles. The van der Waals surface area contributed by atoms with E-state index in [9.17, 15) is 0 Å². The van der Waals surface area contributed by atoms with E-state index in [4.69, 9.17) is 0 Å². The molecule has 0 bridgehead atoms. The molecular formula is C14H15N. The fraction of sp³-hybridized carbons (Fsp3) is 0.143. The lowest BCUT2D eigenvalue weighted by atomic mass is 10.2. The second-order valence-electron chi connectivity index (χ2n) is 3.53. The molecule has 0 spiro atoms. The van der Waals surface area contributed by atoms with Gasteiger partial charge in [-0.05, 0) is 18.6 Å². The molecule has 1 heteroatoms. The number of hydrogen-bond acceptors (Lipinski definition) is 0. The summed E-state index contributed by atoms with van der Waals surface area (Å²) in [4.78, 5) is 0. The highest BCUT2D eigenvalue weighted by Gasteiger charge is 2.03. The van der Waals surface area contributed by atoms with Gasteiger partial charge in [0.2, 0.25) is 0 Å². The zero-order chi connectivity index (χ0) is 10.7. The molecule has 0 saturated heterocycles. The van der Waals surface area contributed by atoms with E-state index in [2.05, 4.69) is 53.8 Å². The van der Waals surface area contributed by atoms with Crippen LogP contribution in [0.25, 0.3) is 17.0 Å². The average Bonchev–Trinajstić information content (AvgIpc) is 2.65. The summed E-state index contributed by atoms with van der Waals surface area (Å²) in [7, 11) is 0. The van der Waals surface area contributed by atoms with Crippen LogP contribution in [0.4, 0.5) is 0 Å². The number of hydrogen-bond donors (Lipinski definition) is 0. The van der Waals surface area contributed by atoms with Crippen LogP contribution in [-0.2, 0) is 6.54 Å². The lowest BCUT2D eigenvalue weighted by molar-refractivity contribution is 0.861. The van der Waals surface area contributed by atoms with E-state index < -0.39 is 0 Å². The molecule has 2 rings (SSSR count). The van der Waals surface area contributed by atoms with Gasteiger partial charge in [0.05, 0.1) is 0 Å². The minimum absolute atomic E-state index is 0.921. The first-order valence-electron chi connectivity index (χ1n) is 5.18. The van der Waals surface area contributed by atoms with Gasteiger partial charge in [-0.3, -0.25) is 0 Å². The van der Waals surface area contributed by atoms with Crippen molar-refractivity contribution in [3.63, 3.8) is 0 Å². The zero-order valence-electron chi connectivity index (χ0n) is 8.98. The van der Waals surface area contributed by atoms with Crippen LogP contribution in [0, 0.1) is 0 Å². The van der Waals surface area contributed by atoms with Crippen LogP contribution in [0.15, 0.2) is 49.2 Å². The number of nitrogens with zero attached hydrogens (tertiary/aromatic N) is 1. The van der Waals surface area contributed by atoms with Crippen LogP contribution in [0.3, 0.4) is 0 Å². The van der Waals surface area contributed by atoms with Crippen LogP contribution in [0.1, 0.15) is 12.5 Å². The second kappa shape index (κ2) is 4.18. The standard InChI is InChI=1S/C14H15N/c1-3-5-10-15-11-12(4-2)13-8-6-7-9-14(13)15/h3-9,11H,2,10H2,1H3. The first kappa shape index (κ1) is 9.78. The Labute approximate surface area is 90.3 Å². The van der Waals surface area contributed by atoms with Gasteiger partial charge in [-0.15, -0.1) is 0 Å². The number of benzene rings is 1. The van der Waals surface area contributed by atoms with Crippen LogP contribution in [0.2, 0.25) is 0 Å². The molecule has 1 aromatic heterocycles. The van der Waals surface area contributed by atoms with Gasteiger partial charge < -0.3 is 4.57 Å². The maximum absolute atomic E-state index is 3.84. The number of fused-ring (bicyclic) bond motifs is 1. The van der Waals surface area contributed by atoms with Crippen LogP contribution < -0.4 is 0 Å². The molecule has 2 aromatic rings. The van der Waals surface area contributed by atoms with Crippen molar-refractivity contribution >= 4 is 17.0 Å². The minimum Gasteiger partial charge on any atom is -0.343 e. The van der Waals surface area contributed by atoms with Crippen molar-refractivity contribution in [1.82, 2.24) is 4.57 Å². The Hall–Kier alpha value is -1.76. The highest BCUT2D eigenvalue weighted by Crippen LogP contribution is 2.21. The first-order chi connectivity index (χ1) is 7.36. The van der Waals surface area contributed by atoms with Crippen molar-refractivity contribution in [2.75, 3.05) is 0 Å². The lowest BCUT2D eigenvalue weighted by Crippen LogP contribution is -1.91. The summed E-state index contributed by atoms with van der Waals surface area (Å²) in [5, 5.41) is 1.28. The highest BCUT2D eigenvalue weighted by atomic mass is 14.9. The number of aromatic nitrogens is 1. The predicted molar refractivity (Wildman–Crippen MR) is 66.8 cm³/mol. The van der Waals surface area contributed by atoms with Gasteiger partial charge in [-0.1, -0.05) is 43.0 Å². The normalized spacial score (nSPS) is 11.3. The Morgan fingerprint density at radius 2 is 2.13 bits per heavy atom. The van der Waals surface area contributed by atoms with E-state index in [0.29, 0.717) is 0 Å². The number of allylic oxidation sites excluding steroid dienone is 2. The first-order valence-corrected chi connectivity index (χ1v) is 5.18. The summed E-state index contributed by atoms with van der Waals surface area (Å²) < 4.78 is 2.24. The summed E-state index contributed by atoms with van der Waals surface area (Å²) in [6, 6.07) is 8.42. The summed E-state index contributed by atoms with van der Waals surface area (Å²) >= 11 is 0. The maximum Gasteiger partial charge on any atom is 0.0489 e. The van der Waals surface area contributed by atoms with Crippen molar-refractivity contribution in [2.45, 2.75) is 13.5 Å². The zero-order valence-corrected chi connectivity index (χ0v) is 8.98. The van der Waals surface area contributed by atoms with Gasteiger partial charge in [-0.25, -0.2) is 0 Å². The Balaban J connectivity index is 2.59. The topological polar surface area (TPSA) is 4.93 Å². The van der Waals surface area contributed by atoms with E-state index in [1.807, 2.05) is 13.0 Å². The lowest BCUT2D eigenvalue weighted by Gasteiger charge is -1.99. The third-order valence-corrected chi connectivity index (χ3v) is 2.58. The van der Waals surface area contributed by atoms with Gasteiger partial charge in [0.15, 0.2) is 0 Å². The Kier molecular flexibility index (Phi) is 2.72. The minimum atomic E-state index is 0.921. The largest absolute Gasteiger partial charge is 0.343 e. The van der Waals surface area contributed by atoms with Crippen LogP contribution in [-0.4, -0.2) is 4.57 Å². The molecule has 0 saturated carbocycles. The molecule has 1 heterocycles. The molecule has 0 unspecified atom stereocenters. The maximum atomic E-state index is 3.84. The molecular weight excluding hydrogens is 182 g/mol. The molecule has 0 radical (unpaired) electrons. The molecule has 0 aliphatic heterocycles. The quantitative estimate of drug-likeness (QED) is 0.658. The van der Waals surface area contributed by atoms with E-state index in [1.165, 1.54) is 16.5 Å². The summed E-state index contributed by atoms with van der Waals surface area (Å²) in [6.45, 7) is 6.81. The molecule has 0 amide bonds. The van der Waals surface area contributed by atoms with Gasteiger partial charge >= 0.3 is 0 Å². The molecule has 1 nitrogen and oxygen atoms in total. The van der Waals surface area contributed by atoms with E-state index in [0.717, 1.165) is 6.54 Å². The molecule has 15 heavy (non-hydrogen) atoms. The van der Waals surface area contributed by atoms with E-state index in [1.54, 1.807) is 0 Å². The third-order valence-electron chi connectivity index (χ3n) is 2.58. The van der Waals surface area contributed by atoms with Gasteiger partial charge in [-0.2, -0.15) is 0 Å². The summed E-state index contributed by atoms with van der Waals surface area (Å²) in [6.07, 6.45) is 8.29. The van der Waals surface area contributed by atoms with Crippen LogP contribution >= 0.6 is 0 Å². The van der Waals surface area contributed by atoms with Crippen molar-refractivity contribution in [2.24, 2.45) is 0 Å². The van der Waals surface area contributed by atoms with E-state index in [-0.39, 0.29) is 0 Å². The summed E-state index contributed by atoms with van der Waals surface area (Å²) in [5.41, 5.74) is 2.47. The molecule has 0 atom stereocenters. The molecule has 76 valence electrons. The van der Waals surface area contributed by atoms with Crippen molar-refractivity contribution in [3.05, 3.63) is 54.8 Å². The molecule has 0 fully saturated rings. The van der Waals surface area contributed by atoms with E-state index >= 15 is 0 Å². The fourth-order valence-corrected chi connectivity index (χ4v) is 1.81. The molecule has 1 aromatic carbocycles. The Morgan fingerprint density at radius 1 is 1.33 bits per heavy atom. The average molecular weight is 197 g/mol. The van der Waals surface area contributed by atoms with Crippen LogP contribution in [0.5, 0.6) is 0 Å². The SMILES string of the molecule is C=Cc1cn(CC=CC)c2ccccc12. The summed E-state index contributed by atoms with van der Waals surface area (Å²) in [5.74, 6) is 0. The second-order valence-corrected chi connectivity index (χ2v) is 3.53. The highest BCUT2D eigenvalue weighted by molar-refractivity contribution is 5.89. The smallest absolute Gasteiger partial charge is 0.0489 e. The van der Waals surface area contributed by atoms with Gasteiger partial charge in [0, 0.05) is 23.6 Å².